The zero-order valence-corrected chi connectivity index (χ0v) is 11.1. The first-order valence-electron chi connectivity index (χ1n) is 6.23. The van der Waals surface area contributed by atoms with E-state index in [1.807, 2.05) is 12.1 Å². The molecule has 17 heavy (non-hydrogen) atoms. The van der Waals surface area contributed by atoms with E-state index in [0.29, 0.717) is 12.6 Å². The van der Waals surface area contributed by atoms with Gasteiger partial charge in [-0.1, -0.05) is 39.5 Å². The van der Waals surface area contributed by atoms with Crippen LogP contribution in [0.2, 0.25) is 0 Å². The van der Waals surface area contributed by atoms with Gasteiger partial charge >= 0.3 is 0 Å². The minimum absolute atomic E-state index is 0.499. The van der Waals surface area contributed by atoms with Gasteiger partial charge in [0.2, 0.25) is 0 Å². The van der Waals surface area contributed by atoms with Crippen molar-refractivity contribution >= 4 is 0 Å². The highest BCUT2D eigenvalue weighted by molar-refractivity contribution is 5.28. The van der Waals surface area contributed by atoms with Crippen molar-refractivity contribution in [1.29, 1.82) is 0 Å². The van der Waals surface area contributed by atoms with E-state index >= 15 is 0 Å². The summed E-state index contributed by atoms with van der Waals surface area (Å²) in [4.78, 5) is 0. The molecule has 0 heterocycles. The van der Waals surface area contributed by atoms with Crippen molar-refractivity contribution in [1.82, 2.24) is 5.32 Å². The predicted octanol–water partition coefficient (Wildman–Crippen LogP) is 3.53. The Balaban J connectivity index is 2.50. The van der Waals surface area contributed by atoms with Gasteiger partial charge in [0.25, 0.3) is 0 Å². The Morgan fingerprint density at radius 1 is 1.41 bits per heavy atom. The molecule has 0 aliphatic rings. The molecule has 1 rings (SSSR count). The highest BCUT2D eigenvalue weighted by Crippen LogP contribution is 2.14. The van der Waals surface area contributed by atoms with Crippen LogP contribution in [-0.2, 0) is 6.54 Å². The van der Waals surface area contributed by atoms with Crippen LogP contribution in [0, 0.1) is 0 Å². The van der Waals surface area contributed by atoms with Crippen LogP contribution in [0.4, 0.5) is 0 Å². The molecule has 0 aliphatic carbocycles. The summed E-state index contributed by atoms with van der Waals surface area (Å²) < 4.78 is 5.68. The van der Waals surface area contributed by atoms with Gasteiger partial charge < -0.3 is 10.1 Å². The molecule has 0 bridgehead atoms. The molecular formula is C15H23NO. The topological polar surface area (TPSA) is 21.3 Å². The van der Waals surface area contributed by atoms with Crippen LogP contribution < -0.4 is 10.1 Å². The number of ether oxygens (including phenoxy) is 1. The zero-order valence-electron chi connectivity index (χ0n) is 11.1. The molecule has 2 nitrogen and oxygen atoms in total. The van der Waals surface area contributed by atoms with E-state index in [-0.39, 0.29) is 0 Å². The minimum Gasteiger partial charge on any atom is -0.489 e. The Labute approximate surface area is 105 Å². The maximum absolute atomic E-state index is 5.68. The summed E-state index contributed by atoms with van der Waals surface area (Å²) in [5.41, 5.74) is 2.37. The highest BCUT2D eigenvalue weighted by atomic mass is 16.5. The molecule has 94 valence electrons. The maximum atomic E-state index is 5.68. The molecule has 0 unspecified atom stereocenters. The number of benzene rings is 1. The Bertz CT molecular complexity index is 358. The molecule has 1 aromatic rings. The van der Waals surface area contributed by atoms with Crippen LogP contribution in [0.1, 0.15) is 32.8 Å². The van der Waals surface area contributed by atoms with Crippen molar-refractivity contribution < 1.29 is 4.74 Å². The van der Waals surface area contributed by atoms with Crippen LogP contribution in [0.25, 0.3) is 0 Å². The van der Waals surface area contributed by atoms with Crippen molar-refractivity contribution in [3.8, 4) is 5.75 Å². The molecule has 2 heteroatoms. The fraction of sp³-hybridized carbons (Fsp3) is 0.467. The average Bonchev–Trinajstić information content (AvgIpc) is 2.34. The third-order valence-corrected chi connectivity index (χ3v) is 2.56. The second-order valence-electron chi connectivity index (χ2n) is 4.58. The van der Waals surface area contributed by atoms with Crippen LogP contribution in [0.15, 0.2) is 36.4 Å². The lowest BCUT2D eigenvalue weighted by atomic mass is 10.2. The minimum atomic E-state index is 0.499. The summed E-state index contributed by atoms with van der Waals surface area (Å²) >= 11 is 0. The second kappa shape index (κ2) is 7.13. The van der Waals surface area contributed by atoms with Gasteiger partial charge in [0.1, 0.15) is 12.4 Å². The molecule has 0 fully saturated rings. The summed E-state index contributed by atoms with van der Waals surface area (Å²) in [7, 11) is 0. The van der Waals surface area contributed by atoms with Gasteiger partial charge in [-0.05, 0) is 29.7 Å². The van der Waals surface area contributed by atoms with E-state index < -0.39 is 0 Å². The third kappa shape index (κ3) is 5.55. The lowest BCUT2D eigenvalue weighted by Crippen LogP contribution is -2.21. The number of nitrogens with one attached hydrogen (secondary N) is 1. The molecule has 0 saturated carbocycles. The van der Waals surface area contributed by atoms with Crippen LogP contribution in [-0.4, -0.2) is 12.6 Å². The molecule has 0 saturated heterocycles. The lowest BCUT2D eigenvalue weighted by molar-refractivity contribution is 0.348. The average molecular weight is 233 g/mol. The summed E-state index contributed by atoms with van der Waals surface area (Å²) in [6.45, 7) is 11.8. The van der Waals surface area contributed by atoms with Gasteiger partial charge in [0, 0.05) is 12.6 Å². The van der Waals surface area contributed by atoms with Gasteiger partial charge in [-0.3, -0.25) is 0 Å². The van der Waals surface area contributed by atoms with Crippen molar-refractivity contribution in [3.05, 3.63) is 42.0 Å². The van der Waals surface area contributed by atoms with Gasteiger partial charge in [0.05, 0.1) is 0 Å². The van der Waals surface area contributed by atoms with Crippen LogP contribution >= 0.6 is 0 Å². The molecule has 0 atom stereocenters. The van der Waals surface area contributed by atoms with Crippen molar-refractivity contribution in [2.45, 2.75) is 39.8 Å². The van der Waals surface area contributed by atoms with Gasteiger partial charge in [-0.25, -0.2) is 0 Å². The summed E-state index contributed by atoms with van der Waals surface area (Å²) in [5.74, 6) is 0.919. The largest absolute Gasteiger partial charge is 0.489 e. The quantitative estimate of drug-likeness (QED) is 0.727. The lowest BCUT2D eigenvalue weighted by Gasteiger charge is -2.11. The zero-order chi connectivity index (χ0) is 12.7. The first-order chi connectivity index (χ1) is 8.11. The van der Waals surface area contributed by atoms with E-state index in [1.165, 1.54) is 5.56 Å². The highest BCUT2D eigenvalue weighted by Gasteiger charge is 1.99. The predicted molar refractivity (Wildman–Crippen MR) is 73.3 cm³/mol. The standard InChI is InChI=1S/C15H23NO/c1-5-13(4)11-17-15-8-6-7-14(9-15)10-16-12(2)3/h6-9,12,16H,4-5,10-11H2,1-3H3. The van der Waals surface area contributed by atoms with Crippen LogP contribution in [0.3, 0.4) is 0 Å². The molecule has 0 spiro atoms. The van der Waals surface area contributed by atoms with E-state index in [4.69, 9.17) is 4.74 Å². The maximum Gasteiger partial charge on any atom is 0.120 e. The Hall–Kier alpha value is -1.28. The molecular weight excluding hydrogens is 210 g/mol. The first-order valence-corrected chi connectivity index (χ1v) is 6.23. The van der Waals surface area contributed by atoms with E-state index in [1.54, 1.807) is 0 Å². The van der Waals surface area contributed by atoms with Crippen LogP contribution in [0.5, 0.6) is 5.75 Å². The molecule has 0 aliphatic heterocycles. The number of hydrogen-bond acceptors (Lipinski definition) is 2. The summed E-state index contributed by atoms with van der Waals surface area (Å²) in [6.07, 6.45) is 0.967. The SMILES string of the molecule is C=C(CC)COc1cccc(CNC(C)C)c1. The molecule has 0 amide bonds. The Kier molecular flexibility index (Phi) is 5.78. The monoisotopic (exact) mass is 233 g/mol. The second-order valence-corrected chi connectivity index (χ2v) is 4.58. The fourth-order valence-electron chi connectivity index (χ4n) is 1.35. The number of hydrogen-bond donors (Lipinski definition) is 1. The number of rotatable bonds is 7. The fourth-order valence-corrected chi connectivity index (χ4v) is 1.35. The molecule has 0 radical (unpaired) electrons. The van der Waals surface area contributed by atoms with Gasteiger partial charge in [-0.15, -0.1) is 0 Å². The smallest absolute Gasteiger partial charge is 0.120 e. The van der Waals surface area contributed by atoms with Crippen molar-refractivity contribution in [2.24, 2.45) is 0 Å². The van der Waals surface area contributed by atoms with Gasteiger partial charge in [-0.2, -0.15) is 0 Å². The van der Waals surface area contributed by atoms with E-state index in [2.05, 4.69) is 44.8 Å². The molecule has 1 N–H and O–H groups in total. The third-order valence-electron chi connectivity index (χ3n) is 2.56. The Morgan fingerprint density at radius 3 is 2.82 bits per heavy atom. The summed E-state index contributed by atoms with van der Waals surface area (Å²) in [5, 5.41) is 3.39. The molecule has 1 aromatic carbocycles. The van der Waals surface area contributed by atoms with Crippen molar-refractivity contribution in [3.63, 3.8) is 0 Å². The summed E-state index contributed by atoms with van der Waals surface area (Å²) in [6, 6.07) is 8.71. The van der Waals surface area contributed by atoms with Gasteiger partial charge in [0.15, 0.2) is 0 Å². The normalized spacial score (nSPS) is 10.6. The van der Waals surface area contributed by atoms with E-state index in [0.717, 1.165) is 24.3 Å². The Morgan fingerprint density at radius 2 is 2.18 bits per heavy atom. The van der Waals surface area contributed by atoms with Crippen molar-refractivity contribution in [2.75, 3.05) is 6.61 Å². The molecule has 0 aromatic heterocycles. The van der Waals surface area contributed by atoms with E-state index in [9.17, 15) is 0 Å². The first kappa shape index (κ1) is 13.8.